The highest BCUT2D eigenvalue weighted by Gasteiger charge is 2.32. The van der Waals surface area contributed by atoms with Gasteiger partial charge in [-0.1, -0.05) is 35.3 Å². The Morgan fingerprint density at radius 2 is 1.83 bits per heavy atom. The fourth-order valence-corrected chi connectivity index (χ4v) is 4.39. The second-order valence-electron chi connectivity index (χ2n) is 5.10. The van der Waals surface area contributed by atoms with Crippen molar-refractivity contribution < 1.29 is 23.1 Å². The number of hydrogen-bond donors (Lipinski definition) is 1. The second kappa shape index (κ2) is 6.16. The number of ether oxygens (including phenoxy) is 1. The van der Waals surface area contributed by atoms with E-state index in [-0.39, 0.29) is 38.9 Å². The summed E-state index contributed by atoms with van der Waals surface area (Å²) >= 11 is 11.5. The zero-order valence-corrected chi connectivity index (χ0v) is 14.4. The normalized spacial score (nSPS) is 15.2. The molecule has 0 saturated carbocycles. The van der Waals surface area contributed by atoms with E-state index < -0.39 is 15.8 Å². The minimum Gasteiger partial charge on any atom is -0.505 e. The van der Waals surface area contributed by atoms with Crippen molar-refractivity contribution in [3.8, 4) is 5.75 Å². The number of carbonyl (C=O) groups is 1. The number of phenolic OH excluding ortho intramolecular Hbond substituents is 1. The number of anilines is 1. The van der Waals surface area contributed by atoms with Crippen LogP contribution in [0, 0.1) is 0 Å². The summed E-state index contributed by atoms with van der Waals surface area (Å²) in [5.74, 6) is -1.33. The van der Waals surface area contributed by atoms with E-state index in [2.05, 4.69) is 0 Å². The standard InChI is InChI=1S/C15H11Cl2NO5S/c16-10-5-9(6-11(17)14(10)19)15(20)23-7-18-8-24(21,22)13-4-2-1-3-12(13)18/h1-6,19H,7-8H2. The fourth-order valence-electron chi connectivity index (χ4n) is 2.34. The van der Waals surface area contributed by atoms with E-state index >= 15 is 0 Å². The Morgan fingerprint density at radius 3 is 2.50 bits per heavy atom. The largest absolute Gasteiger partial charge is 0.505 e. The third-order valence-corrected chi connectivity index (χ3v) is 5.71. The van der Waals surface area contributed by atoms with Gasteiger partial charge in [-0.05, 0) is 24.3 Å². The number of benzene rings is 2. The van der Waals surface area contributed by atoms with Crippen molar-refractivity contribution in [1.29, 1.82) is 0 Å². The van der Waals surface area contributed by atoms with Crippen LogP contribution >= 0.6 is 23.2 Å². The monoisotopic (exact) mass is 387 g/mol. The van der Waals surface area contributed by atoms with Gasteiger partial charge in [-0.2, -0.15) is 0 Å². The summed E-state index contributed by atoms with van der Waals surface area (Å²) in [7, 11) is -3.43. The molecule has 6 nitrogen and oxygen atoms in total. The van der Waals surface area contributed by atoms with Crippen LogP contribution in [0.2, 0.25) is 10.0 Å². The lowest BCUT2D eigenvalue weighted by Crippen LogP contribution is -2.27. The molecule has 1 aliphatic heterocycles. The van der Waals surface area contributed by atoms with Crippen molar-refractivity contribution in [2.75, 3.05) is 17.5 Å². The molecule has 0 radical (unpaired) electrons. The van der Waals surface area contributed by atoms with Crippen molar-refractivity contribution in [1.82, 2.24) is 0 Å². The molecule has 0 saturated heterocycles. The molecule has 24 heavy (non-hydrogen) atoms. The molecular formula is C15H11Cl2NO5S. The van der Waals surface area contributed by atoms with Crippen molar-refractivity contribution >= 4 is 44.7 Å². The Balaban J connectivity index is 1.77. The maximum absolute atomic E-state index is 12.1. The molecule has 0 bridgehead atoms. The Hall–Kier alpha value is -1.96. The van der Waals surface area contributed by atoms with E-state index in [1.165, 1.54) is 23.1 Å². The van der Waals surface area contributed by atoms with Crippen LogP contribution in [0.5, 0.6) is 5.75 Å². The van der Waals surface area contributed by atoms with Crippen molar-refractivity contribution in [2.24, 2.45) is 0 Å². The van der Waals surface area contributed by atoms with E-state index in [0.717, 1.165) is 0 Å². The molecule has 0 unspecified atom stereocenters. The SMILES string of the molecule is O=C(OCN1CS(=O)(=O)c2ccccc21)c1cc(Cl)c(O)c(Cl)c1. The first-order valence-electron chi connectivity index (χ1n) is 6.71. The van der Waals surface area contributed by atoms with Gasteiger partial charge in [0.15, 0.2) is 22.3 Å². The number of rotatable bonds is 3. The number of phenols is 1. The van der Waals surface area contributed by atoms with Gasteiger partial charge in [0.1, 0.15) is 5.88 Å². The van der Waals surface area contributed by atoms with E-state index in [9.17, 15) is 18.3 Å². The number of carbonyl (C=O) groups excluding carboxylic acids is 1. The van der Waals surface area contributed by atoms with Gasteiger partial charge in [0.25, 0.3) is 0 Å². The van der Waals surface area contributed by atoms with Gasteiger partial charge in [-0.3, -0.25) is 0 Å². The van der Waals surface area contributed by atoms with Crippen molar-refractivity contribution in [3.63, 3.8) is 0 Å². The number of esters is 1. The number of aromatic hydroxyl groups is 1. The highest BCUT2D eigenvalue weighted by Crippen LogP contribution is 2.34. The summed E-state index contributed by atoms with van der Waals surface area (Å²) in [6.45, 7) is -0.245. The molecule has 9 heteroatoms. The van der Waals surface area contributed by atoms with Gasteiger partial charge in [-0.15, -0.1) is 0 Å². The average Bonchev–Trinajstić information content (AvgIpc) is 2.81. The maximum atomic E-state index is 12.1. The van der Waals surface area contributed by atoms with Crippen LogP contribution < -0.4 is 4.90 Å². The first-order chi connectivity index (χ1) is 11.3. The van der Waals surface area contributed by atoms with Crippen LogP contribution in [0.25, 0.3) is 0 Å². The van der Waals surface area contributed by atoms with Crippen LogP contribution in [0.4, 0.5) is 5.69 Å². The second-order valence-corrected chi connectivity index (χ2v) is 7.84. The molecule has 0 amide bonds. The lowest BCUT2D eigenvalue weighted by atomic mass is 10.2. The van der Waals surface area contributed by atoms with Crippen LogP contribution in [0.1, 0.15) is 10.4 Å². The molecule has 126 valence electrons. The molecule has 0 atom stereocenters. The Labute approximate surface area is 148 Å². The van der Waals surface area contributed by atoms with Gasteiger partial charge in [0.2, 0.25) is 0 Å². The Bertz CT molecular complexity index is 906. The third-order valence-electron chi connectivity index (χ3n) is 3.47. The highest BCUT2D eigenvalue weighted by molar-refractivity contribution is 7.92. The molecule has 1 heterocycles. The minimum absolute atomic E-state index is 0.0538. The van der Waals surface area contributed by atoms with E-state index in [1.54, 1.807) is 18.2 Å². The molecule has 1 N–H and O–H groups in total. The molecule has 2 aromatic rings. The molecule has 0 aliphatic carbocycles. The number of nitrogens with zero attached hydrogens (tertiary/aromatic N) is 1. The number of halogens is 2. The first-order valence-corrected chi connectivity index (χ1v) is 9.12. The summed E-state index contributed by atoms with van der Waals surface area (Å²) in [6.07, 6.45) is 0. The van der Waals surface area contributed by atoms with Crippen molar-refractivity contribution in [3.05, 3.63) is 52.0 Å². The predicted molar refractivity (Wildman–Crippen MR) is 89.4 cm³/mol. The van der Waals surface area contributed by atoms with Gasteiger partial charge in [-0.25, -0.2) is 13.2 Å². The Morgan fingerprint density at radius 1 is 1.21 bits per heavy atom. The number of sulfone groups is 1. The van der Waals surface area contributed by atoms with Gasteiger partial charge in [0, 0.05) is 0 Å². The summed E-state index contributed by atoms with van der Waals surface area (Å²) in [5, 5.41) is 9.33. The van der Waals surface area contributed by atoms with Crippen LogP contribution in [0.15, 0.2) is 41.3 Å². The first kappa shape index (κ1) is 16.9. The lowest BCUT2D eigenvalue weighted by molar-refractivity contribution is 0.0508. The van der Waals surface area contributed by atoms with Gasteiger partial charge < -0.3 is 14.7 Å². The topological polar surface area (TPSA) is 83.9 Å². The minimum atomic E-state index is -3.43. The average molecular weight is 388 g/mol. The van der Waals surface area contributed by atoms with E-state index in [0.29, 0.717) is 5.69 Å². The smallest absolute Gasteiger partial charge is 0.339 e. The van der Waals surface area contributed by atoms with Crippen LogP contribution in [-0.2, 0) is 14.6 Å². The molecule has 0 spiro atoms. The van der Waals surface area contributed by atoms with E-state index in [1.807, 2.05) is 0 Å². The zero-order valence-electron chi connectivity index (χ0n) is 12.1. The van der Waals surface area contributed by atoms with Crippen LogP contribution in [-0.4, -0.2) is 32.1 Å². The summed E-state index contributed by atoms with van der Waals surface area (Å²) < 4.78 is 29.3. The highest BCUT2D eigenvalue weighted by atomic mass is 35.5. The van der Waals surface area contributed by atoms with Crippen molar-refractivity contribution in [2.45, 2.75) is 4.90 Å². The molecule has 0 fully saturated rings. The fraction of sp³-hybridized carbons (Fsp3) is 0.133. The molecule has 2 aromatic carbocycles. The summed E-state index contributed by atoms with van der Waals surface area (Å²) in [6, 6.07) is 8.92. The Kier molecular flexibility index (Phi) is 4.33. The quantitative estimate of drug-likeness (QED) is 0.814. The lowest BCUT2D eigenvalue weighted by Gasteiger charge is -2.17. The predicted octanol–water partition coefficient (Wildman–Crippen LogP) is 3.06. The zero-order chi connectivity index (χ0) is 17.5. The van der Waals surface area contributed by atoms with E-state index in [4.69, 9.17) is 27.9 Å². The number of fused-ring (bicyclic) bond motifs is 1. The van der Waals surface area contributed by atoms with Gasteiger partial charge in [0.05, 0.1) is 26.2 Å². The van der Waals surface area contributed by atoms with Crippen LogP contribution in [0.3, 0.4) is 0 Å². The molecule has 1 aliphatic rings. The number of para-hydroxylation sites is 1. The molecule has 0 aromatic heterocycles. The third kappa shape index (κ3) is 3.02. The summed E-state index contributed by atoms with van der Waals surface area (Å²) in [5.41, 5.74) is 0.533. The van der Waals surface area contributed by atoms with Gasteiger partial charge >= 0.3 is 5.97 Å². The number of hydrogen-bond acceptors (Lipinski definition) is 6. The maximum Gasteiger partial charge on any atom is 0.339 e. The summed E-state index contributed by atoms with van der Waals surface area (Å²) in [4.78, 5) is 13.7. The molecule has 3 rings (SSSR count). The molecular weight excluding hydrogens is 377 g/mol.